The Labute approximate surface area is 201 Å². The van der Waals surface area contributed by atoms with Gasteiger partial charge in [0, 0.05) is 18.5 Å². The maximum atomic E-state index is 12.3. The van der Waals surface area contributed by atoms with Gasteiger partial charge in [-0.1, -0.05) is 12.1 Å². The predicted octanol–water partition coefficient (Wildman–Crippen LogP) is 3.35. The van der Waals surface area contributed by atoms with Gasteiger partial charge in [0.15, 0.2) is 11.5 Å². The fourth-order valence-electron chi connectivity index (χ4n) is 4.82. The van der Waals surface area contributed by atoms with Crippen LogP contribution in [0.25, 0.3) is 0 Å². The number of halogens is 1. The number of carbonyl (C=O) groups is 2. The summed E-state index contributed by atoms with van der Waals surface area (Å²) < 4.78 is 22.8. The van der Waals surface area contributed by atoms with Crippen molar-refractivity contribution in [2.45, 2.75) is 63.4 Å². The molecule has 1 aliphatic carbocycles. The molecule has 0 aromatic heterocycles. The summed E-state index contributed by atoms with van der Waals surface area (Å²) in [6.07, 6.45) is 4.32. The highest BCUT2D eigenvalue weighted by Gasteiger charge is 2.53. The topological polar surface area (TPSA) is 86.3 Å². The summed E-state index contributed by atoms with van der Waals surface area (Å²) in [4.78, 5) is 26.4. The first-order valence-corrected chi connectivity index (χ1v) is 11.0. The predicted molar refractivity (Wildman–Crippen MR) is 125 cm³/mol. The van der Waals surface area contributed by atoms with Gasteiger partial charge in [0.2, 0.25) is 0 Å². The highest BCUT2D eigenvalue weighted by Crippen LogP contribution is 2.55. The molecule has 1 aromatic rings. The molecule has 4 rings (SSSR count). The molecule has 0 bridgehead atoms. The van der Waals surface area contributed by atoms with Gasteiger partial charge in [-0.2, -0.15) is 0 Å². The van der Waals surface area contributed by atoms with Crippen LogP contribution in [0.15, 0.2) is 24.3 Å². The van der Waals surface area contributed by atoms with Gasteiger partial charge < -0.3 is 29.2 Å². The van der Waals surface area contributed by atoms with E-state index in [4.69, 9.17) is 18.9 Å². The number of hydrogen-bond acceptors (Lipinski definition) is 7. The zero-order chi connectivity index (χ0) is 23.1. The summed E-state index contributed by atoms with van der Waals surface area (Å²) >= 11 is 0. The van der Waals surface area contributed by atoms with Crippen LogP contribution >= 0.6 is 12.4 Å². The number of rotatable bonds is 4. The smallest absolute Gasteiger partial charge is 0.408 e. The minimum absolute atomic E-state index is 0. The van der Waals surface area contributed by atoms with E-state index in [0.717, 1.165) is 31.0 Å². The maximum Gasteiger partial charge on any atom is 0.408 e. The zero-order valence-corrected chi connectivity index (χ0v) is 20.6. The standard InChI is InChI=1S/C24H32N2O6.ClH/c1-23(2,3)32-22(28)25-13-19(27)30-16-8-9-24-10-11-26(4)14-15-6-7-17(29-5)21(20(15)24)31-18(24)12-16;/h6-9,16,18H,10-14H2,1-5H3,(H,25,28);1H/t16-,18+,24?;/m1./s1. The Morgan fingerprint density at radius 2 is 2.06 bits per heavy atom. The molecule has 1 spiro atoms. The average Bonchev–Trinajstić information content (AvgIpc) is 2.97. The van der Waals surface area contributed by atoms with Crippen LogP contribution in [0.5, 0.6) is 11.5 Å². The molecule has 0 radical (unpaired) electrons. The second-order valence-corrected chi connectivity index (χ2v) is 9.74. The molecule has 1 unspecified atom stereocenters. The van der Waals surface area contributed by atoms with Crippen molar-refractivity contribution >= 4 is 24.5 Å². The zero-order valence-electron chi connectivity index (χ0n) is 19.8. The van der Waals surface area contributed by atoms with Gasteiger partial charge in [-0.05, 0) is 58.5 Å². The second kappa shape index (κ2) is 9.43. The number of esters is 1. The largest absolute Gasteiger partial charge is 0.493 e. The maximum absolute atomic E-state index is 12.3. The Kier molecular flexibility index (Phi) is 7.19. The van der Waals surface area contributed by atoms with Crippen LogP contribution in [0.3, 0.4) is 0 Å². The molecule has 9 heteroatoms. The minimum atomic E-state index is -0.649. The molecule has 8 nitrogen and oxygen atoms in total. The van der Waals surface area contributed by atoms with Crippen molar-refractivity contribution in [3.63, 3.8) is 0 Å². The lowest BCUT2D eigenvalue weighted by atomic mass is 9.69. The molecule has 2 aliphatic heterocycles. The van der Waals surface area contributed by atoms with Crippen molar-refractivity contribution in [2.75, 3.05) is 27.2 Å². The van der Waals surface area contributed by atoms with Crippen molar-refractivity contribution in [1.82, 2.24) is 10.2 Å². The van der Waals surface area contributed by atoms with E-state index < -0.39 is 23.8 Å². The average molecular weight is 481 g/mol. The minimum Gasteiger partial charge on any atom is -0.493 e. The second-order valence-electron chi connectivity index (χ2n) is 9.74. The first-order chi connectivity index (χ1) is 15.1. The van der Waals surface area contributed by atoms with Crippen molar-refractivity contribution in [3.8, 4) is 11.5 Å². The van der Waals surface area contributed by atoms with E-state index in [9.17, 15) is 9.59 Å². The van der Waals surface area contributed by atoms with Gasteiger partial charge in [-0.25, -0.2) is 4.79 Å². The van der Waals surface area contributed by atoms with Gasteiger partial charge in [-0.3, -0.25) is 4.79 Å². The third kappa shape index (κ3) is 5.06. The van der Waals surface area contributed by atoms with Crippen LogP contribution < -0.4 is 14.8 Å². The molecule has 0 saturated carbocycles. The molecular weight excluding hydrogens is 448 g/mol. The van der Waals surface area contributed by atoms with E-state index >= 15 is 0 Å². The van der Waals surface area contributed by atoms with Crippen molar-refractivity contribution in [1.29, 1.82) is 0 Å². The number of ether oxygens (including phenoxy) is 4. The first-order valence-electron chi connectivity index (χ1n) is 11.0. The van der Waals surface area contributed by atoms with E-state index in [1.165, 1.54) is 11.1 Å². The van der Waals surface area contributed by atoms with E-state index in [1.54, 1.807) is 27.9 Å². The van der Waals surface area contributed by atoms with E-state index in [1.807, 2.05) is 12.1 Å². The normalized spacial score (nSPS) is 25.5. The summed E-state index contributed by atoms with van der Waals surface area (Å²) in [7, 11) is 3.77. The van der Waals surface area contributed by atoms with E-state index in [0.29, 0.717) is 6.42 Å². The lowest BCUT2D eigenvalue weighted by molar-refractivity contribution is -0.147. The van der Waals surface area contributed by atoms with Crippen LogP contribution in [0, 0.1) is 0 Å². The molecule has 0 fully saturated rings. The molecule has 3 aliphatic rings. The molecule has 0 saturated heterocycles. The van der Waals surface area contributed by atoms with E-state index in [2.05, 4.69) is 29.4 Å². The molecule has 3 atom stereocenters. The first kappa shape index (κ1) is 25.2. The lowest BCUT2D eigenvalue weighted by Crippen LogP contribution is -2.44. The molecular formula is C24H33ClN2O6. The molecule has 2 heterocycles. The Morgan fingerprint density at radius 3 is 2.76 bits per heavy atom. The molecule has 33 heavy (non-hydrogen) atoms. The Balaban J connectivity index is 0.00000306. The summed E-state index contributed by atoms with van der Waals surface area (Å²) in [5, 5.41) is 2.44. The van der Waals surface area contributed by atoms with Gasteiger partial charge in [0.05, 0.1) is 12.5 Å². The number of carbonyl (C=O) groups excluding carboxylic acids is 2. The Bertz CT molecular complexity index is 944. The highest BCUT2D eigenvalue weighted by atomic mass is 35.5. The van der Waals surface area contributed by atoms with Crippen LogP contribution in [-0.2, 0) is 26.2 Å². The summed E-state index contributed by atoms with van der Waals surface area (Å²) in [5.41, 5.74) is 1.54. The number of amides is 1. The fraction of sp³-hybridized carbons (Fsp3) is 0.583. The number of benzene rings is 1. The van der Waals surface area contributed by atoms with Crippen LogP contribution in [0.2, 0.25) is 0 Å². The number of nitrogens with zero attached hydrogens (tertiary/aromatic N) is 1. The number of alkyl carbamates (subject to hydrolysis) is 1. The van der Waals surface area contributed by atoms with Gasteiger partial charge in [0.1, 0.15) is 24.4 Å². The fourth-order valence-corrected chi connectivity index (χ4v) is 4.82. The quantitative estimate of drug-likeness (QED) is 0.522. The van der Waals surface area contributed by atoms with Gasteiger partial charge in [0.25, 0.3) is 0 Å². The lowest BCUT2D eigenvalue weighted by Gasteiger charge is -2.36. The van der Waals surface area contributed by atoms with E-state index in [-0.39, 0.29) is 30.5 Å². The molecule has 1 N–H and O–H groups in total. The van der Waals surface area contributed by atoms with Crippen molar-refractivity contribution < 1.29 is 28.5 Å². The molecule has 182 valence electrons. The number of nitrogens with one attached hydrogen (secondary N) is 1. The monoisotopic (exact) mass is 480 g/mol. The third-order valence-electron chi connectivity index (χ3n) is 6.19. The van der Waals surface area contributed by atoms with Gasteiger partial charge in [-0.15, -0.1) is 12.4 Å². The molecule has 1 amide bonds. The third-order valence-corrected chi connectivity index (χ3v) is 6.19. The summed E-state index contributed by atoms with van der Waals surface area (Å²) in [6.45, 7) is 6.83. The Hall–Kier alpha value is -2.45. The van der Waals surface area contributed by atoms with Crippen molar-refractivity contribution in [2.24, 2.45) is 0 Å². The number of hydrogen-bond donors (Lipinski definition) is 1. The SMILES string of the molecule is COc1ccc2c3c1O[C@H]1C[C@H](OC(=O)CNC(=O)OC(C)(C)C)C=CC31CCN(C)C2.Cl. The molecule has 1 aromatic carbocycles. The van der Waals surface area contributed by atoms with Crippen LogP contribution in [0.4, 0.5) is 4.79 Å². The summed E-state index contributed by atoms with van der Waals surface area (Å²) in [6, 6.07) is 4.08. The number of methoxy groups -OCH3 is 1. The van der Waals surface area contributed by atoms with Crippen LogP contribution in [0.1, 0.15) is 44.7 Å². The van der Waals surface area contributed by atoms with Crippen molar-refractivity contribution in [3.05, 3.63) is 35.4 Å². The summed E-state index contributed by atoms with van der Waals surface area (Å²) in [5.74, 6) is 1.01. The van der Waals surface area contributed by atoms with Crippen LogP contribution in [-0.4, -0.2) is 62.0 Å². The van der Waals surface area contributed by atoms with Gasteiger partial charge >= 0.3 is 12.1 Å². The Morgan fingerprint density at radius 1 is 1.30 bits per heavy atom. The highest BCUT2D eigenvalue weighted by molar-refractivity contribution is 5.85.